The molecule has 3 nitrogen and oxygen atoms in total. The largest absolute Gasteiger partial charge is 0.418 e. The van der Waals surface area contributed by atoms with Gasteiger partial charge in [-0.3, -0.25) is 0 Å². The number of sulfone groups is 1. The molecule has 8 heteroatoms. The van der Waals surface area contributed by atoms with Crippen LogP contribution in [0, 0.1) is 0 Å². The van der Waals surface area contributed by atoms with Crippen molar-refractivity contribution in [2.45, 2.75) is 25.1 Å². The van der Waals surface area contributed by atoms with Crippen LogP contribution in [-0.2, 0) is 16.0 Å². The van der Waals surface area contributed by atoms with Crippen molar-refractivity contribution in [3.8, 4) is 0 Å². The molecule has 112 valence electrons. The third-order valence-electron chi connectivity index (χ3n) is 3.11. The van der Waals surface area contributed by atoms with Crippen LogP contribution in [0.5, 0.6) is 0 Å². The van der Waals surface area contributed by atoms with Crippen LogP contribution in [-0.4, -0.2) is 26.0 Å². The maximum Gasteiger partial charge on any atom is 0.418 e. The average Bonchev–Trinajstić information content (AvgIpc) is 2.25. The predicted octanol–water partition coefficient (Wildman–Crippen LogP) is 3.46. The van der Waals surface area contributed by atoms with Crippen LogP contribution in [0.25, 0.3) is 0 Å². The molecular weight excluding hydrogens is 359 g/mol. The second-order valence-electron chi connectivity index (χ2n) is 4.79. The Kier molecular flexibility index (Phi) is 4.34. The number of benzene rings is 1. The minimum Gasteiger partial charge on any atom is -0.381 e. The molecule has 1 fully saturated rings. The van der Waals surface area contributed by atoms with Crippen LogP contribution in [0.2, 0.25) is 0 Å². The Hall–Kier alpha value is -0.760. The van der Waals surface area contributed by atoms with E-state index in [0.717, 1.165) is 6.07 Å². The maximum atomic E-state index is 12.9. The summed E-state index contributed by atoms with van der Waals surface area (Å²) in [6, 6.07) is 3.13. The molecule has 1 saturated heterocycles. The summed E-state index contributed by atoms with van der Waals surface area (Å²) in [5.41, 5.74) is -0.877. The predicted molar refractivity (Wildman–Crippen MR) is 74.4 cm³/mol. The second-order valence-corrected chi connectivity index (χ2v) is 7.93. The molecule has 0 aliphatic carbocycles. The van der Waals surface area contributed by atoms with E-state index in [1.54, 1.807) is 0 Å². The molecule has 0 bridgehead atoms. The normalized spacial score (nSPS) is 22.5. The van der Waals surface area contributed by atoms with Crippen molar-refractivity contribution >= 4 is 31.5 Å². The fraction of sp³-hybridized carbons (Fsp3) is 0.500. The number of anilines is 1. The highest BCUT2D eigenvalue weighted by molar-refractivity contribution is 9.10. The first kappa shape index (κ1) is 15.6. The van der Waals surface area contributed by atoms with Crippen LogP contribution in [0.1, 0.15) is 18.4 Å². The van der Waals surface area contributed by atoms with Gasteiger partial charge in [-0.1, -0.05) is 15.9 Å². The third-order valence-corrected chi connectivity index (χ3v) is 5.42. The first-order valence-electron chi connectivity index (χ1n) is 6.01. The third kappa shape index (κ3) is 3.88. The standard InChI is InChI=1S/C12H13BrF3NO2S/c13-8-3-4-10(12(14,15)16)11(6-8)17-9-2-1-5-20(18,19)7-9/h3-4,6,9,17H,1-2,5,7H2. The zero-order chi connectivity index (χ0) is 15.0. The number of nitrogens with one attached hydrogen (secondary N) is 1. The second kappa shape index (κ2) is 5.55. The summed E-state index contributed by atoms with van der Waals surface area (Å²) in [5.74, 6) is -0.0212. The van der Waals surface area contributed by atoms with Crippen LogP contribution in [0.4, 0.5) is 18.9 Å². The van der Waals surface area contributed by atoms with Crippen molar-refractivity contribution in [3.05, 3.63) is 28.2 Å². The highest BCUT2D eigenvalue weighted by atomic mass is 79.9. The molecule has 0 aromatic heterocycles. The lowest BCUT2D eigenvalue weighted by Crippen LogP contribution is -2.35. The molecule has 0 spiro atoms. The lowest BCUT2D eigenvalue weighted by atomic mass is 10.1. The van der Waals surface area contributed by atoms with Crippen molar-refractivity contribution in [2.24, 2.45) is 0 Å². The van der Waals surface area contributed by atoms with Crippen molar-refractivity contribution in [1.82, 2.24) is 0 Å². The molecule has 1 aromatic rings. The molecule has 0 radical (unpaired) electrons. The summed E-state index contributed by atoms with van der Waals surface area (Å²) in [5, 5.41) is 2.72. The molecule has 1 aliphatic rings. The monoisotopic (exact) mass is 371 g/mol. The van der Waals surface area contributed by atoms with E-state index in [1.165, 1.54) is 12.1 Å². The number of halogens is 4. The summed E-state index contributed by atoms with van der Waals surface area (Å²) < 4.78 is 62.3. The fourth-order valence-corrected chi connectivity index (χ4v) is 4.24. The lowest BCUT2D eigenvalue weighted by molar-refractivity contribution is -0.137. The molecule has 1 heterocycles. The topological polar surface area (TPSA) is 46.2 Å². The average molecular weight is 372 g/mol. The highest BCUT2D eigenvalue weighted by Crippen LogP contribution is 2.37. The Morgan fingerprint density at radius 2 is 2.00 bits per heavy atom. The molecule has 0 saturated carbocycles. The number of alkyl halides is 3. The summed E-state index contributed by atoms with van der Waals surface area (Å²) in [6.07, 6.45) is -3.46. The number of hydrogen-bond acceptors (Lipinski definition) is 3. The van der Waals surface area contributed by atoms with Gasteiger partial charge in [0.2, 0.25) is 0 Å². The van der Waals surface area contributed by atoms with Crippen molar-refractivity contribution < 1.29 is 21.6 Å². The van der Waals surface area contributed by atoms with Crippen molar-refractivity contribution in [3.63, 3.8) is 0 Å². The van der Waals surface area contributed by atoms with Gasteiger partial charge in [-0.2, -0.15) is 13.2 Å². The molecule has 0 amide bonds. The van der Waals surface area contributed by atoms with Gasteiger partial charge in [-0.25, -0.2) is 8.42 Å². The molecule has 1 unspecified atom stereocenters. The molecule has 1 atom stereocenters. The van der Waals surface area contributed by atoms with Gasteiger partial charge in [0.15, 0.2) is 9.84 Å². The van der Waals surface area contributed by atoms with E-state index in [2.05, 4.69) is 21.2 Å². The first-order valence-corrected chi connectivity index (χ1v) is 8.62. The summed E-state index contributed by atoms with van der Waals surface area (Å²) >= 11 is 3.12. The zero-order valence-corrected chi connectivity index (χ0v) is 12.8. The fourth-order valence-electron chi connectivity index (χ4n) is 2.24. The van der Waals surface area contributed by atoms with Crippen molar-refractivity contribution in [1.29, 1.82) is 0 Å². The molecule has 1 N–H and O–H groups in total. The first-order chi connectivity index (χ1) is 9.17. The van der Waals surface area contributed by atoms with Crippen LogP contribution >= 0.6 is 15.9 Å². The Balaban J connectivity index is 2.26. The van der Waals surface area contributed by atoms with E-state index >= 15 is 0 Å². The van der Waals surface area contributed by atoms with Crippen molar-refractivity contribution in [2.75, 3.05) is 16.8 Å². The Labute approximate surface area is 123 Å². The van der Waals surface area contributed by atoms with Gasteiger partial charge >= 0.3 is 6.18 Å². The smallest absolute Gasteiger partial charge is 0.381 e. The molecule has 20 heavy (non-hydrogen) atoms. The van der Waals surface area contributed by atoms with Gasteiger partial charge in [0.05, 0.1) is 17.1 Å². The van der Waals surface area contributed by atoms with E-state index in [-0.39, 0.29) is 17.2 Å². The Bertz CT molecular complexity index is 601. The Morgan fingerprint density at radius 3 is 2.60 bits per heavy atom. The summed E-state index contributed by atoms with van der Waals surface area (Å²) in [7, 11) is -3.17. The van der Waals surface area contributed by atoms with Gasteiger partial charge < -0.3 is 5.32 Å². The molecule has 1 aliphatic heterocycles. The highest BCUT2D eigenvalue weighted by Gasteiger charge is 2.34. The molecule has 2 rings (SSSR count). The van der Waals surface area contributed by atoms with Gasteiger partial charge in [0.1, 0.15) is 0 Å². The lowest BCUT2D eigenvalue weighted by Gasteiger charge is -2.25. The Morgan fingerprint density at radius 1 is 1.30 bits per heavy atom. The number of hydrogen-bond donors (Lipinski definition) is 1. The van der Waals surface area contributed by atoms with Crippen LogP contribution in [0.3, 0.4) is 0 Å². The maximum absolute atomic E-state index is 12.9. The molecule has 1 aromatic carbocycles. The van der Waals surface area contributed by atoms with E-state index < -0.39 is 27.6 Å². The molecular formula is C12H13BrF3NO2S. The van der Waals surface area contributed by atoms with E-state index in [9.17, 15) is 21.6 Å². The van der Waals surface area contributed by atoms with Gasteiger partial charge in [0, 0.05) is 16.2 Å². The SMILES string of the molecule is O=S1(=O)CCCC(Nc2cc(Br)ccc2C(F)(F)F)C1. The van der Waals surface area contributed by atoms with Gasteiger partial charge in [0.25, 0.3) is 0 Å². The zero-order valence-electron chi connectivity index (χ0n) is 10.4. The number of rotatable bonds is 2. The van der Waals surface area contributed by atoms with E-state index in [0.29, 0.717) is 17.3 Å². The van der Waals surface area contributed by atoms with Gasteiger partial charge in [-0.15, -0.1) is 0 Å². The van der Waals surface area contributed by atoms with Gasteiger partial charge in [-0.05, 0) is 31.0 Å². The minimum absolute atomic E-state index is 0.0889. The van der Waals surface area contributed by atoms with Crippen LogP contribution in [0.15, 0.2) is 22.7 Å². The summed E-state index contributed by atoms with van der Waals surface area (Å²) in [4.78, 5) is 0. The van der Waals surface area contributed by atoms with Crippen LogP contribution < -0.4 is 5.32 Å². The quantitative estimate of drug-likeness (QED) is 0.865. The summed E-state index contributed by atoms with van der Waals surface area (Å²) in [6.45, 7) is 0. The minimum atomic E-state index is -4.48. The van der Waals surface area contributed by atoms with E-state index in [1.807, 2.05) is 0 Å². The van der Waals surface area contributed by atoms with E-state index in [4.69, 9.17) is 0 Å².